The molecule has 0 spiro atoms. The molecule has 0 saturated carbocycles. The van der Waals surface area contributed by atoms with Gasteiger partial charge in [0.15, 0.2) is 0 Å². The van der Waals surface area contributed by atoms with Gasteiger partial charge in [0, 0.05) is 5.75 Å². The minimum absolute atomic E-state index is 0.144. The van der Waals surface area contributed by atoms with Crippen molar-refractivity contribution in [1.29, 1.82) is 5.41 Å². The van der Waals surface area contributed by atoms with Gasteiger partial charge in [-0.2, -0.15) is 11.8 Å². The van der Waals surface area contributed by atoms with Crippen molar-refractivity contribution in [2.24, 2.45) is 5.73 Å². The van der Waals surface area contributed by atoms with Crippen molar-refractivity contribution < 1.29 is 0 Å². The Hall–Kier alpha value is -0.550. The third-order valence-electron chi connectivity index (χ3n) is 1.86. The summed E-state index contributed by atoms with van der Waals surface area (Å²) in [5.74, 6) is 1.06. The van der Waals surface area contributed by atoms with Crippen LogP contribution in [-0.2, 0) is 12.2 Å². The molecule has 3 N–H and O–H groups in total. The molecule has 84 valence electrons. The fourth-order valence-corrected chi connectivity index (χ4v) is 2.94. The molecule has 0 bridgehead atoms. The largest absolute Gasteiger partial charge is 0.383 e. The molecule has 0 atom stereocenters. The summed E-state index contributed by atoms with van der Waals surface area (Å²) in [6.45, 7) is 6.39. The normalized spacial score (nSPS) is 10.9. The molecule has 0 aliphatic rings. The SMILES string of the molecule is CCc1nc(CSC(C)C)sc1C(=N)N. The average molecular weight is 243 g/mol. The van der Waals surface area contributed by atoms with Crippen LogP contribution >= 0.6 is 23.1 Å². The molecule has 0 aliphatic heterocycles. The zero-order valence-electron chi connectivity index (χ0n) is 9.33. The number of rotatable bonds is 5. The number of nitrogens with zero attached hydrogens (tertiary/aromatic N) is 1. The summed E-state index contributed by atoms with van der Waals surface area (Å²) >= 11 is 3.42. The molecule has 3 nitrogen and oxygen atoms in total. The Bertz CT molecular complexity index is 344. The van der Waals surface area contributed by atoms with E-state index in [0.29, 0.717) is 5.25 Å². The summed E-state index contributed by atoms with van der Waals surface area (Å²) in [4.78, 5) is 5.34. The van der Waals surface area contributed by atoms with E-state index in [1.165, 1.54) is 0 Å². The number of hydrogen-bond donors (Lipinski definition) is 2. The van der Waals surface area contributed by atoms with E-state index in [1.54, 1.807) is 11.3 Å². The van der Waals surface area contributed by atoms with E-state index in [2.05, 4.69) is 18.8 Å². The lowest BCUT2D eigenvalue weighted by atomic mass is 10.3. The van der Waals surface area contributed by atoms with E-state index >= 15 is 0 Å². The second-order valence-electron chi connectivity index (χ2n) is 3.51. The van der Waals surface area contributed by atoms with Crippen LogP contribution in [0.1, 0.15) is 36.3 Å². The van der Waals surface area contributed by atoms with E-state index in [-0.39, 0.29) is 5.84 Å². The van der Waals surface area contributed by atoms with Crippen molar-refractivity contribution in [1.82, 2.24) is 4.98 Å². The first-order chi connectivity index (χ1) is 7.04. The standard InChI is InChI=1S/C10H17N3S2/c1-4-7-9(10(11)12)15-8(13-7)5-14-6(2)3/h6H,4-5H2,1-3H3,(H3,11,12). The molecular weight excluding hydrogens is 226 g/mol. The Balaban J connectivity index is 2.78. The van der Waals surface area contributed by atoms with Gasteiger partial charge in [-0.3, -0.25) is 5.41 Å². The molecule has 0 radical (unpaired) electrons. The number of thiazole rings is 1. The quantitative estimate of drug-likeness (QED) is 0.617. The lowest BCUT2D eigenvalue weighted by Gasteiger charge is -2.00. The molecule has 0 aliphatic carbocycles. The zero-order valence-corrected chi connectivity index (χ0v) is 11.0. The van der Waals surface area contributed by atoms with Gasteiger partial charge in [0.05, 0.1) is 10.6 Å². The summed E-state index contributed by atoms with van der Waals surface area (Å²) in [5.41, 5.74) is 6.47. The van der Waals surface area contributed by atoms with Crippen LogP contribution in [0.4, 0.5) is 0 Å². The number of hydrogen-bond acceptors (Lipinski definition) is 4. The molecule has 0 amide bonds. The second kappa shape index (κ2) is 5.51. The van der Waals surface area contributed by atoms with E-state index in [0.717, 1.165) is 27.8 Å². The van der Waals surface area contributed by atoms with Crippen molar-refractivity contribution in [2.45, 2.75) is 38.2 Å². The Labute approximate surface area is 99.0 Å². The van der Waals surface area contributed by atoms with Crippen LogP contribution in [0, 0.1) is 5.41 Å². The number of nitrogen functional groups attached to an aromatic ring is 1. The Morgan fingerprint density at radius 3 is 2.67 bits per heavy atom. The summed E-state index contributed by atoms with van der Waals surface area (Å²) in [6.07, 6.45) is 0.845. The van der Waals surface area contributed by atoms with Gasteiger partial charge in [0.2, 0.25) is 0 Å². The molecule has 0 unspecified atom stereocenters. The van der Waals surface area contributed by atoms with Crippen LogP contribution in [0.3, 0.4) is 0 Å². The first kappa shape index (κ1) is 12.5. The van der Waals surface area contributed by atoms with Gasteiger partial charge in [-0.05, 0) is 11.7 Å². The van der Waals surface area contributed by atoms with Crippen LogP contribution < -0.4 is 5.73 Å². The van der Waals surface area contributed by atoms with Crippen molar-refractivity contribution in [2.75, 3.05) is 0 Å². The predicted molar refractivity (Wildman–Crippen MR) is 68.9 cm³/mol. The highest BCUT2D eigenvalue weighted by Gasteiger charge is 2.12. The number of amidine groups is 1. The van der Waals surface area contributed by atoms with E-state index in [4.69, 9.17) is 11.1 Å². The van der Waals surface area contributed by atoms with Gasteiger partial charge in [-0.1, -0.05) is 20.8 Å². The molecular formula is C10H17N3S2. The molecule has 1 rings (SSSR count). The molecule has 0 fully saturated rings. The van der Waals surface area contributed by atoms with Gasteiger partial charge >= 0.3 is 0 Å². The van der Waals surface area contributed by atoms with Gasteiger partial charge in [0.25, 0.3) is 0 Å². The lowest BCUT2D eigenvalue weighted by Crippen LogP contribution is -2.11. The highest BCUT2D eigenvalue weighted by Crippen LogP contribution is 2.24. The summed E-state index contributed by atoms with van der Waals surface area (Å²) in [7, 11) is 0. The summed E-state index contributed by atoms with van der Waals surface area (Å²) < 4.78 is 0. The maximum Gasteiger partial charge on any atom is 0.135 e. The smallest absolute Gasteiger partial charge is 0.135 e. The maximum absolute atomic E-state index is 7.45. The Morgan fingerprint density at radius 1 is 1.60 bits per heavy atom. The van der Waals surface area contributed by atoms with Crippen molar-refractivity contribution in [3.63, 3.8) is 0 Å². The number of thioether (sulfide) groups is 1. The summed E-state index contributed by atoms with van der Waals surface area (Å²) in [5, 5.41) is 9.14. The molecule has 15 heavy (non-hydrogen) atoms. The summed E-state index contributed by atoms with van der Waals surface area (Å²) in [6, 6.07) is 0. The molecule has 1 aromatic heterocycles. The molecule has 1 aromatic rings. The first-order valence-corrected chi connectivity index (χ1v) is 6.85. The third-order valence-corrected chi connectivity index (χ3v) is 4.28. The van der Waals surface area contributed by atoms with Crippen LogP contribution in [0.2, 0.25) is 0 Å². The molecule has 0 saturated heterocycles. The van der Waals surface area contributed by atoms with E-state index in [1.807, 2.05) is 18.7 Å². The van der Waals surface area contributed by atoms with Crippen molar-refractivity contribution in [3.8, 4) is 0 Å². The Kier molecular flexibility index (Phi) is 4.60. The van der Waals surface area contributed by atoms with Crippen LogP contribution in [0.5, 0.6) is 0 Å². The molecule has 0 aromatic carbocycles. The number of aromatic nitrogens is 1. The van der Waals surface area contributed by atoms with Gasteiger partial charge in [-0.25, -0.2) is 4.98 Å². The van der Waals surface area contributed by atoms with E-state index in [9.17, 15) is 0 Å². The Morgan fingerprint density at radius 2 is 2.27 bits per heavy atom. The number of nitrogens with two attached hydrogens (primary N) is 1. The fraction of sp³-hybridized carbons (Fsp3) is 0.600. The number of aryl methyl sites for hydroxylation is 1. The van der Waals surface area contributed by atoms with Crippen LogP contribution in [0.15, 0.2) is 0 Å². The minimum Gasteiger partial charge on any atom is -0.383 e. The monoisotopic (exact) mass is 243 g/mol. The third kappa shape index (κ3) is 3.50. The van der Waals surface area contributed by atoms with Gasteiger partial charge < -0.3 is 5.73 Å². The van der Waals surface area contributed by atoms with Crippen molar-refractivity contribution >= 4 is 28.9 Å². The minimum atomic E-state index is 0.144. The lowest BCUT2D eigenvalue weighted by molar-refractivity contribution is 1.03. The predicted octanol–water partition coefficient (Wildman–Crippen LogP) is 2.63. The second-order valence-corrected chi connectivity index (χ2v) is 6.16. The van der Waals surface area contributed by atoms with E-state index < -0.39 is 0 Å². The highest BCUT2D eigenvalue weighted by atomic mass is 32.2. The van der Waals surface area contributed by atoms with Crippen LogP contribution in [0.25, 0.3) is 0 Å². The van der Waals surface area contributed by atoms with Gasteiger partial charge in [-0.15, -0.1) is 11.3 Å². The number of nitrogens with one attached hydrogen (secondary N) is 1. The fourth-order valence-electron chi connectivity index (χ4n) is 1.15. The average Bonchev–Trinajstić information content (AvgIpc) is 2.57. The first-order valence-electron chi connectivity index (χ1n) is 4.99. The van der Waals surface area contributed by atoms with Crippen LogP contribution in [-0.4, -0.2) is 16.1 Å². The highest BCUT2D eigenvalue weighted by molar-refractivity contribution is 7.99. The van der Waals surface area contributed by atoms with Crippen molar-refractivity contribution in [3.05, 3.63) is 15.6 Å². The molecule has 1 heterocycles. The maximum atomic E-state index is 7.45. The zero-order chi connectivity index (χ0) is 11.4. The topological polar surface area (TPSA) is 62.8 Å². The van der Waals surface area contributed by atoms with Gasteiger partial charge in [0.1, 0.15) is 10.8 Å². The molecule has 5 heteroatoms.